The van der Waals surface area contributed by atoms with Gasteiger partial charge in [-0.15, -0.1) is 0 Å². The zero-order valence-corrected chi connectivity index (χ0v) is 11.4. The van der Waals surface area contributed by atoms with Crippen molar-refractivity contribution in [2.75, 3.05) is 40.0 Å². The molecule has 1 aromatic rings. The number of ether oxygens (including phenoxy) is 2. The lowest BCUT2D eigenvalue weighted by atomic mass is 10.2. The third kappa shape index (κ3) is 4.20. The van der Waals surface area contributed by atoms with Crippen LogP contribution in [0.3, 0.4) is 0 Å². The predicted molar refractivity (Wildman–Crippen MR) is 73.1 cm³/mol. The summed E-state index contributed by atoms with van der Waals surface area (Å²) in [6.45, 7) is 2.53. The highest BCUT2D eigenvalue weighted by atomic mass is 19.1. The van der Waals surface area contributed by atoms with E-state index in [2.05, 4.69) is 16.7 Å². The summed E-state index contributed by atoms with van der Waals surface area (Å²) < 4.78 is 24.5. The van der Waals surface area contributed by atoms with Gasteiger partial charge in [-0.05, 0) is 25.2 Å². The summed E-state index contributed by atoms with van der Waals surface area (Å²) in [6.07, 6.45) is -0.00236. The second-order valence-corrected chi connectivity index (χ2v) is 4.67. The van der Waals surface area contributed by atoms with Crippen molar-refractivity contribution in [3.63, 3.8) is 0 Å². The molecule has 0 aromatic heterocycles. The summed E-state index contributed by atoms with van der Waals surface area (Å²) in [4.78, 5) is 2.18. The largest absolute Gasteiger partial charge is 0.490 e. The molecular weight excluding hydrogens is 261 g/mol. The summed E-state index contributed by atoms with van der Waals surface area (Å²) in [5, 5.41) is 8.72. The smallest absolute Gasteiger partial charge is 0.135 e. The fraction of sp³-hybridized carbons (Fsp3) is 0.467. The molecule has 0 bridgehead atoms. The first kappa shape index (κ1) is 14.8. The number of halogens is 1. The van der Waals surface area contributed by atoms with E-state index in [1.54, 1.807) is 6.07 Å². The molecule has 4 nitrogen and oxygen atoms in total. The number of hydrogen-bond donors (Lipinski definition) is 1. The van der Waals surface area contributed by atoms with E-state index in [1.807, 2.05) is 7.05 Å². The van der Waals surface area contributed by atoms with Crippen LogP contribution in [0.5, 0.6) is 5.75 Å². The van der Waals surface area contributed by atoms with Crippen LogP contribution in [-0.4, -0.2) is 56.1 Å². The Kier molecular flexibility index (Phi) is 5.36. The van der Waals surface area contributed by atoms with Crippen LogP contribution in [0.2, 0.25) is 0 Å². The van der Waals surface area contributed by atoms with Crippen molar-refractivity contribution < 1.29 is 19.0 Å². The van der Waals surface area contributed by atoms with Gasteiger partial charge < -0.3 is 19.5 Å². The van der Waals surface area contributed by atoms with Crippen molar-refractivity contribution in [3.05, 3.63) is 29.6 Å². The molecule has 0 aliphatic carbocycles. The molecular formula is C15H18FNO3. The highest BCUT2D eigenvalue weighted by molar-refractivity contribution is 5.46. The standard InChI is InChI=1S/C15H18FNO3/c1-17-6-8-19-14(10-17)11-20-15-5-4-13(16)9-12(15)3-2-7-18/h4-5,9,14,18H,6-8,10-11H2,1H3. The van der Waals surface area contributed by atoms with Crippen LogP contribution in [-0.2, 0) is 4.74 Å². The molecule has 1 saturated heterocycles. The molecule has 0 radical (unpaired) electrons. The first-order valence-corrected chi connectivity index (χ1v) is 6.51. The first-order chi connectivity index (χ1) is 9.69. The Morgan fingerprint density at radius 1 is 1.55 bits per heavy atom. The Morgan fingerprint density at radius 3 is 3.15 bits per heavy atom. The highest BCUT2D eigenvalue weighted by Crippen LogP contribution is 2.19. The summed E-state index contributed by atoms with van der Waals surface area (Å²) in [5.41, 5.74) is 0.434. The fourth-order valence-electron chi connectivity index (χ4n) is 2.01. The van der Waals surface area contributed by atoms with Crippen molar-refractivity contribution in [3.8, 4) is 17.6 Å². The minimum atomic E-state index is -0.381. The maximum absolute atomic E-state index is 13.2. The number of benzene rings is 1. The number of hydrogen-bond acceptors (Lipinski definition) is 4. The van der Waals surface area contributed by atoms with E-state index >= 15 is 0 Å². The molecule has 1 aliphatic heterocycles. The molecule has 1 atom stereocenters. The average molecular weight is 279 g/mol. The number of aliphatic hydroxyl groups is 1. The molecule has 1 aliphatic rings. The quantitative estimate of drug-likeness (QED) is 0.834. The zero-order chi connectivity index (χ0) is 14.4. The third-order valence-electron chi connectivity index (χ3n) is 3.01. The monoisotopic (exact) mass is 279 g/mol. The summed E-state index contributed by atoms with van der Waals surface area (Å²) >= 11 is 0. The third-order valence-corrected chi connectivity index (χ3v) is 3.01. The molecule has 1 aromatic carbocycles. The minimum absolute atomic E-state index is 0.00236. The normalized spacial score (nSPS) is 19.2. The lowest BCUT2D eigenvalue weighted by Crippen LogP contribution is -2.42. The maximum Gasteiger partial charge on any atom is 0.135 e. The summed E-state index contributed by atoms with van der Waals surface area (Å²) in [7, 11) is 2.03. The molecule has 0 saturated carbocycles. The lowest BCUT2D eigenvalue weighted by molar-refractivity contribution is -0.0403. The van der Waals surface area contributed by atoms with E-state index in [1.165, 1.54) is 12.1 Å². The molecule has 1 fully saturated rings. The number of nitrogens with zero attached hydrogens (tertiary/aromatic N) is 1. The van der Waals surface area contributed by atoms with Crippen molar-refractivity contribution in [1.82, 2.24) is 4.90 Å². The Hall–Kier alpha value is -1.61. The van der Waals surface area contributed by atoms with Gasteiger partial charge in [-0.25, -0.2) is 4.39 Å². The molecule has 20 heavy (non-hydrogen) atoms. The van der Waals surface area contributed by atoms with E-state index < -0.39 is 0 Å². The van der Waals surface area contributed by atoms with Crippen LogP contribution >= 0.6 is 0 Å². The molecule has 0 amide bonds. The van der Waals surface area contributed by atoms with Crippen LogP contribution in [0.4, 0.5) is 4.39 Å². The first-order valence-electron chi connectivity index (χ1n) is 6.51. The fourth-order valence-corrected chi connectivity index (χ4v) is 2.01. The molecule has 1 heterocycles. The van der Waals surface area contributed by atoms with E-state index in [0.717, 1.165) is 13.1 Å². The number of rotatable bonds is 3. The summed E-state index contributed by atoms with van der Waals surface area (Å²) in [6, 6.07) is 4.17. The number of aliphatic hydroxyl groups excluding tert-OH is 1. The second-order valence-electron chi connectivity index (χ2n) is 4.67. The van der Waals surface area contributed by atoms with Crippen molar-refractivity contribution in [1.29, 1.82) is 0 Å². The van der Waals surface area contributed by atoms with Gasteiger partial charge >= 0.3 is 0 Å². The maximum atomic E-state index is 13.2. The van der Waals surface area contributed by atoms with E-state index in [9.17, 15) is 4.39 Å². The molecule has 1 N–H and O–H groups in total. The van der Waals surface area contributed by atoms with Gasteiger partial charge in [0.1, 0.15) is 30.9 Å². The van der Waals surface area contributed by atoms with Crippen LogP contribution in [0, 0.1) is 17.7 Å². The average Bonchev–Trinajstić information content (AvgIpc) is 2.44. The molecule has 108 valence electrons. The lowest BCUT2D eigenvalue weighted by Gasteiger charge is -2.29. The van der Waals surface area contributed by atoms with Gasteiger partial charge in [-0.2, -0.15) is 0 Å². The predicted octanol–water partition coefficient (Wildman–Crippen LogP) is 0.879. The topological polar surface area (TPSA) is 41.9 Å². The Bertz CT molecular complexity index is 510. The molecule has 5 heteroatoms. The Morgan fingerprint density at radius 2 is 2.40 bits per heavy atom. The molecule has 1 unspecified atom stereocenters. The summed E-state index contributed by atoms with van der Waals surface area (Å²) in [5.74, 6) is 5.30. The van der Waals surface area contributed by atoms with Crippen molar-refractivity contribution >= 4 is 0 Å². The van der Waals surface area contributed by atoms with Gasteiger partial charge in [0, 0.05) is 13.1 Å². The van der Waals surface area contributed by atoms with Crippen LogP contribution in [0.25, 0.3) is 0 Å². The van der Waals surface area contributed by atoms with Crippen LogP contribution in [0.15, 0.2) is 18.2 Å². The van der Waals surface area contributed by atoms with Crippen LogP contribution in [0.1, 0.15) is 5.56 Å². The van der Waals surface area contributed by atoms with Gasteiger partial charge in [0.2, 0.25) is 0 Å². The number of likely N-dealkylation sites (N-methyl/N-ethyl adjacent to an activating group) is 1. The van der Waals surface area contributed by atoms with E-state index in [0.29, 0.717) is 24.5 Å². The van der Waals surface area contributed by atoms with Crippen molar-refractivity contribution in [2.45, 2.75) is 6.10 Å². The number of morpholine rings is 1. The van der Waals surface area contributed by atoms with Gasteiger partial charge in [-0.1, -0.05) is 11.8 Å². The Balaban J connectivity index is 2.01. The van der Waals surface area contributed by atoms with E-state index in [-0.39, 0.29) is 18.5 Å². The van der Waals surface area contributed by atoms with Gasteiger partial charge in [0.05, 0.1) is 12.2 Å². The Labute approximate surface area is 118 Å². The SMILES string of the molecule is CN1CCOC(COc2ccc(F)cc2C#CCO)C1. The zero-order valence-electron chi connectivity index (χ0n) is 11.4. The molecule has 2 rings (SSSR count). The van der Waals surface area contributed by atoms with Crippen molar-refractivity contribution in [2.24, 2.45) is 0 Å². The van der Waals surface area contributed by atoms with Gasteiger partial charge in [0.15, 0.2) is 0 Å². The minimum Gasteiger partial charge on any atom is -0.490 e. The van der Waals surface area contributed by atoms with Gasteiger partial charge in [-0.3, -0.25) is 0 Å². The molecule has 0 spiro atoms. The van der Waals surface area contributed by atoms with E-state index in [4.69, 9.17) is 14.6 Å². The van der Waals surface area contributed by atoms with Crippen LogP contribution < -0.4 is 4.74 Å². The van der Waals surface area contributed by atoms with Gasteiger partial charge in [0.25, 0.3) is 0 Å². The highest BCUT2D eigenvalue weighted by Gasteiger charge is 2.18. The second kappa shape index (κ2) is 7.25.